The van der Waals surface area contributed by atoms with Gasteiger partial charge in [0.1, 0.15) is 5.78 Å². The number of nitrogens with zero attached hydrogens (tertiary/aromatic N) is 2. The van der Waals surface area contributed by atoms with Crippen LogP contribution in [0.5, 0.6) is 0 Å². The van der Waals surface area contributed by atoms with Gasteiger partial charge in [0, 0.05) is 44.1 Å². The highest BCUT2D eigenvalue weighted by Crippen LogP contribution is 2.15. The van der Waals surface area contributed by atoms with Crippen molar-refractivity contribution in [2.75, 3.05) is 6.61 Å². The summed E-state index contributed by atoms with van der Waals surface area (Å²) in [6, 6.07) is 0. The van der Waals surface area contributed by atoms with Crippen LogP contribution < -0.4 is 0 Å². The molecule has 0 saturated heterocycles. The number of carbonyl (C=O) groups excluding carboxylic acids is 2. The van der Waals surface area contributed by atoms with Crippen molar-refractivity contribution in [1.29, 1.82) is 0 Å². The third-order valence-electron chi connectivity index (χ3n) is 6.14. The summed E-state index contributed by atoms with van der Waals surface area (Å²) in [5, 5.41) is 0. The lowest BCUT2D eigenvalue weighted by Crippen LogP contribution is -2.20. The average Bonchev–Trinajstić information content (AvgIpc) is 3.23. The molecule has 0 radical (unpaired) electrons. The normalized spacial score (nSPS) is 12.6. The number of rotatable bonds is 21. The molecule has 192 valence electrons. The third-order valence-corrected chi connectivity index (χ3v) is 6.14. The van der Waals surface area contributed by atoms with E-state index in [2.05, 4.69) is 36.2 Å². The summed E-state index contributed by atoms with van der Waals surface area (Å²) in [4.78, 5) is 28.2. The standard InChI is InChI=1S/C29H48N2O3/c1-4-6-7-8-9-10-11-12-13-14-15-16-17-18-19-20-29(33)34-24-26(22-28(32)5-2)21-27-23-30-25-31(27)3/h9-10,12-13,23,25-26H,4-8,11,14-22,24H2,1-3H3/b10-9-,13-12-. The number of carbonyl (C=O) groups is 2. The molecule has 1 unspecified atom stereocenters. The Morgan fingerprint density at radius 2 is 1.65 bits per heavy atom. The molecule has 0 saturated carbocycles. The van der Waals surface area contributed by atoms with Gasteiger partial charge in [-0.15, -0.1) is 0 Å². The molecule has 0 aromatic carbocycles. The molecule has 1 aromatic rings. The van der Waals surface area contributed by atoms with Gasteiger partial charge in [-0.3, -0.25) is 9.59 Å². The van der Waals surface area contributed by atoms with Gasteiger partial charge in [-0.05, 0) is 44.9 Å². The molecule has 0 aliphatic heterocycles. The number of ketones is 1. The first-order valence-corrected chi connectivity index (χ1v) is 13.5. The Morgan fingerprint density at radius 1 is 0.971 bits per heavy atom. The predicted molar refractivity (Wildman–Crippen MR) is 141 cm³/mol. The maximum Gasteiger partial charge on any atom is 0.305 e. The van der Waals surface area contributed by atoms with E-state index in [4.69, 9.17) is 4.74 Å². The van der Waals surface area contributed by atoms with E-state index < -0.39 is 0 Å². The Balaban J connectivity index is 2.08. The molecule has 1 heterocycles. The summed E-state index contributed by atoms with van der Waals surface area (Å²) in [5.41, 5.74) is 1.05. The van der Waals surface area contributed by atoms with Crippen LogP contribution in [0.3, 0.4) is 0 Å². The van der Waals surface area contributed by atoms with E-state index in [1.165, 1.54) is 38.5 Å². The molecule has 0 bridgehead atoms. The Hall–Kier alpha value is -2.17. The van der Waals surface area contributed by atoms with Crippen LogP contribution in [0.25, 0.3) is 0 Å². The summed E-state index contributed by atoms with van der Waals surface area (Å²) < 4.78 is 7.47. The second kappa shape index (κ2) is 20.2. The first-order chi connectivity index (χ1) is 16.6. The van der Waals surface area contributed by atoms with E-state index in [1.807, 2.05) is 24.7 Å². The lowest BCUT2D eigenvalue weighted by molar-refractivity contribution is -0.145. The monoisotopic (exact) mass is 472 g/mol. The van der Waals surface area contributed by atoms with Crippen molar-refractivity contribution in [3.8, 4) is 0 Å². The molecule has 5 heteroatoms. The zero-order valence-electron chi connectivity index (χ0n) is 22.0. The molecular formula is C29H48N2O3. The number of ether oxygens (including phenoxy) is 1. The van der Waals surface area contributed by atoms with E-state index in [0.29, 0.717) is 32.3 Å². The van der Waals surface area contributed by atoms with Crippen molar-refractivity contribution in [3.63, 3.8) is 0 Å². The Labute approximate surface area is 208 Å². The number of Topliss-reactive ketones (excluding diaryl/α,β-unsaturated/α-hetero) is 1. The molecule has 1 rings (SSSR count). The van der Waals surface area contributed by atoms with E-state index in [-0.39, 0.29) is 17.7 Å². The highest BCUT2D eigenvalue weighted by atomic mass is 16.5. The first kappa shape index (κ1) is 29.9. The molecule has 0 spiro atoms. The van der Waals surface area contributed by atoms with Crippen LogP contribution in [0.4, 0.5) is 0 Å². The number of imidazole rings is 1. The van der Waals surface area contributed by atoms with E-state index in [1.54, 1.807) is 6.33 Å². The van der Waals surface area contributed by atoms with Crippen LogP contribution in [-0.4, -0.2) is 27.9 Å². The van der Waals surface area contributed by atoms with Crippen LogP contribution >= 0.6 is 0 Å². The number of hydrogen-bond donors (Lipinski definition) is 0. The van der Waals surface area contributed by atoms with Gasteiger partial charge in [0.15, 0.2) is 0 Å². The largest absolute Gasteiger partial charge is 0.465 e. The first-order valence-electron chi connectivity index (χ1n) is 13.5. The number of unbranched alkanes of at least 4 members (excludes halogenated alkanes) is 8. The fraction of sp³-hybridized carbons (Fsp3) is 0.690. The van der Waals surface area contributed by atoms with Gasteiger partial charge >= 0.3 is 5.97 Å². The van der Waals surface area contributed by atoms with Gasteiger partial charge in [-0.1, -0.05) is 70.3 Å². The Bertz CT molecular complexity index is 721. The number of allylic oxidation sites excluding steroid dienone is 4. The van der Waals surface area contributed by atoms with Crippen molar-refractivity contribution in [3.05, 3.63) is 42.5 Å². The number of hydrogen-bond acceptors (Lipinski definition) is 4. The highest BCUT2D eigenvalue weighted by molar-refractivity contribution is 5.78. The van der Waals surface area contributed by atoms with Crippen molar-refractivity contribution >= 4 is 11.8 Å². The quantitative estimate of drug-likeness (QED) is 0.107. The maximum atomic E-state index is 12.2. The molecule has 0 amide bonds. The predicted octanol–water partition coefficient (Wildman–Crippen LogP) is 7.30. The average molecular weight is 473 g/mol. The van der Waals surface area contributed by atoms with Crippen molar-refractivity contribution in [2.45, 2.75) is 110 Å². The van der Waals surface area contributed by atoms with Gasteiger partial charge in [-0.25, -0.2) is 4.98 Å². The third kappa shape index (κ3) is 15.6. The topological polar surface area (TPSA) is 61.2 Å². The van der Waals surface area contributed by atoms with Crippen LogP contribution in [0, 0.1) is 5.92 Å². The van der Waals surface area contributed by atoms with Crippen LogP contribution in [0.1, 0.15) is 109 Å². The maximum absolute atomic E-state index is 12.2. The lowest BCUT2D eigenvalue weighted by Gasteiger charge is -2.16. The van der Waals surface area contributed by atoms with E-state index in [9.17, 15) is 9.59 Å². The SMILES string of the molecule is CCCCC/C=C\C/C=C\CCCCCCCC(=O)OCC(CC(=O)CC)Cc1cncn1C. The summed E-state index contributed by atoms with van der Waals surface area (Å²) in [6.07, 6.45) is 27.6. The van der Waals surface area contributed by atoms with Crippen molar-refractivity contribution < 1.29 is 14.3 Å². The van der Waals surface area contributed by atoms with Crippen LogP contribution in [-0.2, 0) is 27.8 Å². The number of aromatic nitrogens is 2. The number of aryl methyl sites for hydroxylation is 1. The minimum absolute atomic E-state index is 0.0106. The molecule has 0 N–H and O–H groups in total. The molecule has 1 atom stereocenters. The summed E-state index contributed by atoms with van der Waals surface area (Å²) >= 11 is 0. The van der Waals surface area contributed by atoms with Gasteiger partial charge in [-0.2, -0.15) is 0 Å². The van der Waals surface area contributed by atoms with Crippen LogP contribution in [0.2, 0.25) is 0 Å². The summed E-state index contributed by atoms with van der Waals surface area (Å²) in [7, 11) is 1.94. The summed E-state index contributed by atoms with van der Waals surface area (Å²) in [6.45, 7) is 4.41. The zero-order valence-corrected chi connectivity index (χ0v) is 22.0. The molecule has 1 aromatic heterocycles. The number of esters is 1. The molecular weight excluding hydrogens is 424 g/mol. The van der Waals surface area contributed by atoms with E-state index in [0.717, 1.165) is 37.8 Å². The smallest absolute Gasteiger partial charge is 0.305 e. The fourth-order valence-electron chi connectivity index (χ4n) is 3.90. The molecule has 0 aliphatic carbocycles. The second-order valence-electron chi connectivity index (χ2n) is 9.33. The van der Waals surface area contributed by atoms with Crippen LogP contribution in [0.15, 0.2) is 36.8 Å². The van der Waals surface area contributed by atoms with Gasteiger partial charge in [0.25, 0.3) is 0 Å². The van der Waals surface area contributed by atoms with Crippen molar-refractivity contribution in [1.82, 2.24) is 9.55 Å². The second-order valence-corrected chi connectivity index (χ2v) is 9.33. The minimum Gasteiger partial charge on any atom is -0.465 e. The lowest BCUT2D eigenvalue weighted by atomic mass is 9.97. The zero-order chi connectivity index (χ0) is 24.9. The van der Waals surface area contributed by atoms with E-state index >= 15 is 0 Å². The highest BCUT2D eigenvalue weighted by Gasteiger charge is 2.17. The molecule has 0 aliphatic rings. The minimum atomic E-state index is -0.148. The molecule has 5 nitrogen and oxygen atoms in total. The molecule has 34 heavy (non-hydrogen) atoms. The fourth-order valence-corrected chi connectivity index (χ4v) is 3.90. The summed E-state index contributed by atoms with van der Waals surface area (Å²) in [5.74, 6) is 0.0676. The van der Waals surface area contributed by atoms with Gasteiger partial charge < -0.3 is 9.30 Å². The Morgan fingerprint density at radius 3 is 2.29 bits per heavy atom. The molecule has 0 fully saturated rings. The van der Waals surface area contributed by atoms with Gasteiger partial charge in [0.2, 0.25) is 0 Å². The van der Waals surface area contributed by atoms with Gasteiger partial charge in [0.05, 0.1) is 12.9 Å². The Kier molecular flexibility index (Phi) is 17.8. The van der Waals surface area contributed by atoms with Crippen molar-refractivity contribution in [2.24, 2.45) is 13.0 Å².